The lowest BCUT2D eigenvalue weighted by Crippen LogP contribution is -2.52. The van der Waals surface area contributed by atoms with Crippen LogP contribution in [0.3, 0.4) is 0 Å². The van der Waals surface area contributed by atoms with Crippen molar-refractivity contribution in [1.29, 1.82) is 0 Å². The summed E-state index contributed by atoms with van der Waals surface area (Å²) in [6, 6.07) is 13.7. The van der Waals surface area contributed by atoms with Gasteiger partial charge in [-0.25, -0.2) is 4.39 Å². The fourth-order valence-corrected chi connectivity index (χ4v) is 4.88. The Morgan fingerprint density at radius 2 is 1.77 bits per heavy atom. The summed E-state index contributed by atoms with van der Waals surface area (Å²) in [5, 5.41) is 0. The minimum atomic E-state index is -0.503. The number of likely N-dealkylation sites (N-methyl/N-ethyl adjacent to an activating group) is 1. The summed E-state index contributed by atoms with van der Waals surface area (Å²) in [5.41, 5.74) is 0. The number of rotatable bonds is 7. The van der Waals surface area contributed by atoms with Crippen LogP contribution in [0.4, 0.5) is 4.39 Å². The van der Waals surface area contributed by atoms with Gasteiger partial charge in [-0.1, -0.05) is 34.1 Å². The van der Waals surface area contributed by atoms with Crippen LogP contribution in [0.25, 0.3) is 0 Å². The fourth-order valence-electron chi connectivity index (χ4n) is 4.51. The number of carbonyl (C=O) groups excluding carboxylic acids is 2. The quantitative estimate of drug-likeness (QED) is 0.531. The first-order valence-corrected chi connectivity index (χ1v) is 12.7. The number of hydrogen-bond acceptors (Lipinski definition) is 5. The number of hydrogen-bond donors (Lipinski definition) is 0. The first-order chi connectivity index (χ1) is 16.9. The van der Waals surface area contributed by atoms with Crippen LogP contribution < -0.4 is 9.47 Å². The van der Waals surface area contributed by atoms with E-state index in [-0.39, 0.29) is 36.2 Å². The number of piperazine rings is 1. The van der Waals surface area contributed by atoms with E-state index in [1.54, 1.807) is 17.0 Å². The Hall–Kier alpha value is -2.65. The maximum Gasteiger partial charge on any atom is 0.260 e. The second-order valence-corrected chi connectivity index (χ2v) is 10.0. The molecular weight excluding hydrogens is 517 g/mol. The van der Waals surface area contributed by atoms with E-state index in [0.29, 0.717) is 39.0 Å². The van der Waals surface area contributed by atoms with Crippen molar-refractivity contribution in [3.63, 3.8) is 0 Å². The summed E-state index contributed by atoms with van der Waals surface area (Å²) in [6.07, 6.45) is 0.705. The largest absolute Gasteiger partial charge is 0.490 e. The van der Waals surface area contributed by atoms with Crippen LogP contribution >= 0.6 is 15.9 Å². The number of likely N-dealkylation sites (tertiary alicyclic amines) is 1. The summed E-state index contributed by atoms with van der Waals surface area (Å²) in [6.45, 7) is 3.74. The van der Waals surface area contributed by atoms with Gasteiger partial charge in [-0.05, 0) is 37.4 Å². The van der Waals surface area contributed by atoms with E-state index in [2.05, 4.69) is 27.9 Å². The normalized spacial score (nSPS) is 21.0. The van der Waals surface area contributed by atoms with Crippen molar-refractivity contribution in [3.05, 3.63) is 58.8 Å². The molecule has 0 aliphatic carbocycles. The maximum absolute atomic E-state index is 13.9. The number of nitrogens with zero attached hydrogens (tertiary/aromatic N) is 3. The second kappa shape index (κ2) is 11.9. The Balaban J connectivity index is 1.41. The molecule has 0 unspecified atom stereocenters. The average molecular weight is 548 g/mol. The smallest absolute Gasteiger partial charge is 0.260 e. The molecule has 9 heteroatoms. The molecule has 0 spiro atoms. The van der Waals surface area contributed by atoms with E-state index in [4.69, 9.17) is 9.47 Å². The lowest BCUT2D eigenvalue weighted by Gasteiger charge is -2.40. The summed E-state index contributed by atoms with van der Waals surface area (Å²) in [7, 11) is 2.05. The van der Waals surface area contributed by atoms with Crippen molar-refractivity contribution >= 4 is 27.7 Å². The predicted molar refractivity (Wildman–Crippen MR) is 134 cm³/mol. The molecule has 2 saturated heterocycles. The van der Waals surface area contributed by atoms with Crippen LogP contribution in [0.15, 0.2) is 53.0 Å². The van der Waals surface area contributed by atoms with Crippen molar-refractivity contribution in [2.45, 2.75) is 18.9 Å². The lowest BCUT2D eigenvalue weighted by molar-refractivity contribution is -0.141. The minimum absolute atomic E-state index is 0.0514. The molecule has 0 aromatic heterocycles. The second-order valence-electron chi connectivity index (χ2n) is 9.11. The molecule has 35 heavy (non-hydrogen) atoms. The molecule has 0 radical (unpaired) electrons. The summed E-state index contributed by atoms with van der Waals surface area (Å²) in [5.74, 6) is -0.0296. The van der Waals surface area contributed by atoms with Crippen LogP contribution in [-0.2, 0) is 9.59 Å². The molecule has 2 aliphatic heterocycles. The third kappa shape index (κ3) is 6.95. The van der Waals surface area contributed by atoms with Crippen molar-refractivity contribution in [2.24, 2.45) is 5.92 Å². The Morgan fingerprint density at radius 1 is 1.00 bits per heavy atom. The third-order valence-corrected chi connectivity index (χ3v) is 7.07. The first kappa shape index (κ1) is 25.4. The van der Waals surface area contributed by atoms with Gasteiger partial charge >= 0.3 is 0 Å². The predicted octanol–water partition coefficient (Wildman–Crippen LogP) is 3.43. The summed E-state index contributed by atoms with van der Waals surface area (Å²) < 4.78 is 26.5. The summed E-state index contributed by atoms with van der Waals surface area (Å²) in [4.78, 5) is 31.8. The highest BCUT2D eigenvalue weighted by Gasteiger charge is 2.36. The zero-order valence-electron chi connectivity index (χ0n) is 19.9. The molecule has 2 aromatic carbocycles. The molecule has 2 aliphatic rings. The van der Waals surface area contributed by atoms with E-state index in [1.165, 1.54) is 12.1 Å². The first-order valence-electron chi connectivity index (χ1n) is 11.9. The number of amides is 2. The Labute approximate surface area is 213 Å². The number of carbonyl (C=O) groups is 2. The molecule has 4 rings (SSSR count). The van der Waals surface area contributed by atoms with E-state index in [9.17, 15) is 14.0 Å². The molecule has 188 valence electrons. The zero-order chi connectivity index (χ0) is 24.8. The summed E-state index contributed by atoms with van der Waals surface area (Å²) >= 11 is 3.47. The van der Waals surface area contributed by atoms with Gasteiger partial charge in [0.15, 0.2) is 18.2 Å². The van der Waals surface area contributed by atoms with E-state index in [0.717, 1.165) is 23.3 Å². The van der Waals surface area contributed by atoms with Gasteiger partial charge in [0, 0.05) is 62.5 Å². The van der Waals surface area contributed by atoms with Gasteiger partial charge in [-0.3, -0.25) is 9.59 Å². The van der Waals surface area contributed by atoms with E-state index < -0.39 is 5.82 Å². The monoisotopic (exact) mass is 547 g/mol. The van der Waals surface area contributed by atoms with Crippen molar-refractivity contribution in [3.8, 4) is 11.5 Å². The van der Waals surface area contributed by atoms with E-state index >= 15 is 0 Å². The molecule has 2 fully saturated rings. The molecule has 0 saturated carbocycles. The fraction of sp³-hybridized carbons (Fsp3) is 0.462. The SMILES string of the molecule is CN1CCN(C(=O)C[C@H]2CN(C(=O)COc3ccccc3F)CC[C@@H]2Oc2cccc(Br)c2)CC1. The van der Waals surface area contributed by atoms with Crippen LogP contribution in [0.2, 0.25) is 0 Å². The van der Waals surface area contributed by atoms with Crippen molar-refractivity contribution in [2.75, 3.05) is 52.9 Å². The average Bonchev–Trinajstić information content (AvgIpc) is 2.85. The number of ether oxygens (including phenoxy) is 2. The molecular formula is C26H31BrFN3O4. The highest BCUT2D eigenvalue weighted by molar-refractivity contribution is 9.10. The van der Waals surface area contributed by atoms with Gasteiger partial charge in [-0.15, -0.1) is 0 Å². The van der Waals surface area contributed by atoms with Crippen LogP contribution in [0.1, 0.15) is 12.8 Å². The zero-order valence-corrected chi connectivity index (χ0v) is 21.5. The molecule has 2 amide bonds. The number of para-hydroxylation sites is 1. The molecule has 2 atom stereocenters. The minimum Gasteiger partial charge on any atom is -0.490 e. The highest BCUT2D eigenvalue weighted by atomic mass is 79.9. The Morgan fingerprint density at radius 3 is 2.51 bits per heavy atom. The number of piperidine rings is 1. The van der Waals surface area contributed by atoms with Gasteiger partial charge in [0.25, 0.3) is 5.91 Å². The van der Waals surface area contributed by atoms with Crippen molar-refractivity contribution < 1.29 is 23.5 Å². The van der Waals surface area contributed by atoms with Crippen LogP contribution in [0, 0.1) is 11.7 Å². The molecule has 0 N–H and O–H groups in total. The Bertz CT molecular complexity index is 1030. The Kier molecular flexibility index (Phi) is 8.62. The van der Waals surface area contributed by atoms with Gasteiger partial charge in [0.2, 0.25) is 5.91 Å². The highest BCUT2D eigenvalue weighted by Crippen LogP contribution is 2.28. The number of halogens is 2. The van der Waals surface area contributed by atoms with Gasteiger partial charge in [0.1, 0.15) is 11.9 Å². The van der Waals surface area contributed by atoms with Crippen LogP contribution in [0.5, 0.6) is 11.5 Å². The molecule has 2 heterocycles. The standard InChI is InChI=1S/C26H31BrFN3O4/c1-29-11-13-30(14-12-29)25(32)15-19-17-31(26(33)18-34-24-8-3-2-7-22(24)28)10-9-23(19)35-21-6-4-5-20(27)16-21/h2-8,16,19,23H,9-15,17-18H2,1H3/t19-,23-/m0/s1. The lowest BCUT2D eigenvalue weighted by atomic mass is 9.90. The maximum atomic E-state index is 13.9. The topological polar surface area (TPSA) is 62.3 Å². The van der Waals surface area contributed by atoms with Gasteiger partial charge < -0.3 is 24.2 Å². The van der Waals surface area contributed by atoms with E-state index in [1.807, 2.05) is 29.2 Å². The van der Waals surface area contributed by atoms with Crippen molar-refractivity contribution in [1.82, 2.24) is 14.7 Å². The number of benzene rings is 2. The van der Waals surface area contributed by atoms with Gasteiger partial charge in [0.05, 0.1) is 0 Å². The molecule has 2 aromatic rings. The van der Waals surface area contributed by atoms with Crippen LogP contribution in [-0.4, -0.2) is 85.5 Å². The van der Waals surface area contributed by atoms with Gasteiger partial charge in [-0.2, -0.15) is 0 Å². The molecule has 7 nitrogen and oxygen atoms in total. The molecule has 0 bridgehead atoms. The third-order valence-electron chi connectivity index (χ3n) is 6.58.